The zero-order valence-corrected chi connectivity index (χ0v) is 21.7. The van der Waals surface area contributed by atoms with Gasteiger partial charge in [0.05, 0.1) is 17.7 Å². The van der Waals surface area contributed by atoms with E-state index in [9.17, 15) is 27.6 Å². The number of likely N-dealkylation sites (tertiary alicyclic amines) is 2. The summed E-state index contributed by atoms with van der Waals surface area (Å²) < 4.78 is 38.9. The predicted molar refractivity (Wildman–Crippen MR) is 141 cm³/mol. The fraction of sp³-hybridized carbons (Fsp3) is 0.444. The number of carbonyl (C=O) groups excluding carboxylic acids is 3. The Hall–Kier alpha value is -3.80. The van der Waals surface area contributed by atoms with Crippen LogP contribution < -0.4 is 21.7 Å². The van der Waals surface area contributed by atoms with Gasteiger partial charge in [0.15, 0.2) is 0 Å². The van der Waals surface area contributed by atoms with E-state index in [-0.39, 0.29) is 29.9 Å². The highest BCUT2D eigenvalue weighted by atomic mass is 19.4. The Morgan fingerprint density at radius 2 is 1.79 bits per heavy atom. The lowest BCUT2D eigenvalue weighted by Gasteiger charge is -2.20. The molecule has 0 unspecified atom stereocenters. The van der Waals surface area contributed by atoms with Crippen molar-refractivity contribution in [3.63, 3.8) is 0 Å². The molecular weight excluding hydrogens is 513 g/mol. The lowest BCUT2D eigenvalue weighted by molar-refractivity contribution is -0.137. The molecular formula is C27H33F3N6O3. The molecule has 1 atom stereocenters. The van der Waals surface area contributed by atoms with Crippen molar-refractivity contribution in [2.24, 2.45) is 0 Å². The summed E-state index contributed by atoms with van der Waals surface area (Å²) >= 11 is 0. The minimum absolute atomic E-state index is 0.0838. The van der Waals surface area contributed by atoms with E-state index < -0.39 is 23.6 Å². The van der Waals surface area contributed by atoms with Crippen molar-refractivity contribution in [2.45, 2.75) is 44.9 Å². The van der Waals surface area contributed by atoms with E-state index in [0.717, 1.165) is 61.4 Å². The topological polar surface area (TPSA) is 120 Å². The Kier molecular flexibility index (Phi) is 8.63. The van der Waals surface area contributed by atoms with Gasteiger partial charge in [-0.3, -0.25) is 14.5 Å². The Morgan fingerprint density at radius 1 is 1.05 bits per heavy atom. The molecule has 39 heavy (non-hydrogen) atoms. The number of nitrogens with one attached hydrogen (secondary N) is 3. The van der Waals surface area contributed by atoms with Crippen LogP contribution in [0.2, 0.25) is 0 Å². The van der Waals surface area contributed by atoms with E-state index in [0.29, 0.717) is 25.6 Å². The summed E-state index contributed by atoms with van der Waals surface area (Å²) in [6.45, 7) is 5.10. The molecule has 2 heterocycles. The molecule has 4 amide bonds. The zero-order chi connectivity index (χ0) is 28.2. The third-order valence-electron chi connectivity index (χ3n) is 7.02. The minimum Gasteiger partial charge on any atom is -0.398 e. The second kappa shape index (κ2) is 11.9. The zero-order valence-electron chi connectivity index (χ0n) is 21.7. The van der Waals surface area contributed by atoms with Crippen molar-refractivity contribution in [3.8, 4) is 0 Å². The molecule has 0 bridgehead atoms. The quantitative estimate of drug-likeness (QED) is 0.397. The number of nitrogen functional groups attached to an aromatic ring is 1. The number of alkyl halides is 3. The number of carbonyl (C=O) groups is 3. The van der Waals surface area contributed by atoms with Gasteiger partial charge in [0.2, 0.25) is 5.91 Å². The van der Waals surface area contributed by atoms with Crippen molar-refractivity contribution >= 4 is 29.2 Å². The van der Waals surface area contributed by atoms with Gasteiger partial charge in [-0.2, -0.15) is 13.2 Å². The summed E-state index contributed by atoms with van der Waals surface area (Å²) in [6, 6.07) is 8.24. The summed E-state index contributed by atoms with van der Waals surface area (Å²) in [4.78, 5) is 41.3. The molecule has 2 aliphatic heterocycles. The summed E-state index contributed by atoms with van der Waals surface area (Å²) in [7, 11) is 0. The Balaban J connectivity index is 1.25. The summed E-state index contributed by atoms with van der Waals surface area (Å²) in [5, 5.41) is 8.22. The molecule has 5 N–H and O–H groups in total. The van der Waals surface area contributed by atoms with Crippen LogP contribution in [0.15, 0.2) is 36.4 Å². The number of nitrogens with two attached hydrogens (primary N) is 1. The van der Waals surface area contributed by atoms with Crippen LogP contribution in [0.1, 0.15) is 46.3 Å². The third-order valence-corrected chi connectivity index (χ3v) is 7.02. The molecule has 2 saturated heterocycles. The highest BCUT2D eigenvalue weighted by Crippen LogP contribution is 2.31. The average molecular weight is 547 g/mol. The first-order valence-electron chi connectivity index (χ1n) is 12.9. The average Bonchev–Trinajstić information content (AvgIpc) is 3.57. The summed E-state index contributed by atoms with van der Waals surface area (Å²) in [5.41, 5.74) is 7.02. The van der Waals surface area contributed by atoms with Crippen molar-refractivity contribution in [1.82, 2.24) is 20.4 Å². The van der Waals surface area contributed by atoms with Crippen LogP contribution in [0.3, 0.4) is 0 Å². The maximum atomic E-state index is 13.0. The Labute approximate surface area is 224 Å². The monoisotopic (exact) mass is 546 g/mol. The lowest BCUT2D eigenvalue weighted by Crippen LogP contribution is -2.43. The number of urea groups is 1. The number of amides is 4. The second-order valence-electron chi connectivity index (χ2n) is 10.0. The van der Waals surface area contributed by atoms with Crippen LogP contribution >= 0.6 is 0 Å². The van der Waals surface area contributed by atoms with E-state index in [1.165, 1.54) is 0 Å². The highest BCUT2D eigenvalue weighted by molar-refractivity contribution is 6.00. The number of hydrogen-bond donors (Lipinski definition) is 4. The number of rotatable bonds is 7. The Bertz CT molecular complexity index is 1230. The van der Waals surface area contributed by atoms with Gasteiger partial charge in [0, 0.05) is 50.1 Å². The van der Waals surface area contributed by atoms with Crippen LogP contribution in [0.4, 0.5) is 29.3 Å². The van der Waals surface area contributed by atoms with Gasteiger partial charge in [-0.15, -0.1) is 0 Å². The number of benzene rings is 2. The van der Waals surface area contributed by atoms with Gasteiger partial charge in [-0.05, 0) is 61.6 Å². The fourth-order valence-electron chi connectivity index (χ4n) is 4.83. The first-order valence-corrected chi connectivity index (χ1v) is 12.9. The Morgan fingerprint density at radius 3 is 2.51 bits per heavy atom. The smallest absolute Gasteiger partial charge is 0.398 e. The number of nitrogens with zero attached hydrogens (tertiary/aromatic N) is 2. The molecule has 2 aliphatic rings. The second-order valence-corrected chi connectivity index (χ2v) is 10.0. The summed E-state index contributed by atoms with van der Waals surface area (Å²) in [6.07, 6.45) is -1.85. The molecule has 9 nitrogen and oxygen atoms in total. The van der Waals surface area contributed by atoms with E-state index in [1.54, 1.807) is 0 Å². The van der Waals surface area contributed by atoms with Crippen LogP contribution in [0.25, 0.3) is 0 Å². The van der Waals surface area contributed by atoms with Crippen LogP contribution in [-0.4, -0.2) is 66.4 Å². The fourth-order valence-corrected chi connectivity index (χ4v) is 4.83. The van der Waals surface area contributed by atoms with Gasteiger partial charge in [-0.1, -0.05) is 12.1 Å². The lowest BCUT2D eigenvalue weighted by atomic mass is 10.1. The molecule has 210 valence electrons. The molecule has 0 aliphatic carbocycles. The number of aryl methyl sites for hydroxylation is 1. The van der Waals surface area contributed by atoms with Gasteiger partial charge >= 0.3 is 12.2 Å². The van der Waals surface area contributed by atoms with Gasteiger partial charge in [0.25, 0.3) is 5.91 Å². The van der Waals surface area contributed by atoms with Gasteiger partial charge in [-0.25, -0.2) is 4.79 Å². The largest absolute Gasteiger partial charge is 0.416 e. The molecule has 2 fully saturated rings. The van der Waals surface area contributed by atoms with Crippen molar-refractivity contribution in [1.29, 1.82) is 0 Å². The maximum Gasteiger partial charge on any atom is 0.416 e. The first kappa shape index (κ1) is 28.2. The highest BCUT2D eigenvalue weighted by Gasteiger charge is 2.32. The van der Waals surface area contributed by atoms with Crippen LogP contribution in [0.5, 0.6) is 0 Å². The van der Waals surface area contributed by atoms with Gasteiger partial charge < -0.3 is 26.6 Å². The van der Waals surface area contributed by atoms with Crippen molar-refractivity contribution < 1.29 is 27.6 Å². The van der Waals surface area contributed by atoms with E-state index in [4.69, 9.17) is 5.73 Å². The maximum absolute atomic E-state index is 13.0. The van der Waals surface area contributed by atoms with Crippen molar-refractivity contribution in [3.05, 3.63) is 58.7 Å². The third kappa shape index (κ3) is 7.41. The van der Waals surface area contributed by atoms with Crippen LogP contribution in [0, 0.1) is 6.92 Å². The molecule has 0 saturated carbocycles. The van der Waals surface area contributed by atoms with Crippen LogP contribution in [-0.2, 0) is 17.5 Å². The molecule has 2 aromatic rings. The van der Waals surface area contributed by atoms with E-state index in [2.05, 4.69) is 20.9 Å². The predicted octanol–water partition coefficient (Wildman–Crippen LogP) is 3.34. The molecule has 0 spiro atoms. The first-order chi connectivity index (χ1) is 18.5. The standard InChI is InChI=1S/C27H33F3N6O3/c1-17-4-5-18(12-23(17)34-26(39)36-9-2-3-10-36)15-35-11-8-20(16-35)33-24(37)14-32-25(38)21-13-19(27(28,29)30)6-7-22(21)31/h4-7,12-13,20H,2-3,8-11,14-16,31H2,1H3,(H,32,38)(H,33,37)(H,34,39)/t20-/m1/s1. The molecule has 12 heteroatoms. The SMILES string of the molecule is Cc1ccc(CN2CC[C@@H](NC(=O)CNC(=O)c3cc(C(F)(F)F)ccc3N)C2)cc1NC(=O)N1CCCC1. The number of anilines is 2. The molecule has 0 radical (unpaired) electrons. The number of hydrogen-bond acceptors (Lipinski definition) is 5. The van der Waals surface area contributed by atoms with E-state index >= 15 is 0 Å². The van der Waals surface area contributed by atoms with E-state index in [1.807, 2.05) is 30.0 Å². The molecule has 2 aromatic carbocycles. The minimum atomic E-state index is -4.61. The number of halogens is 3. The molecule has 0 aromatic heterocycles. The van der Waals surface area contributed by atoms with Gasteiger partial charge in [0.1, 0.15) is 0 Å². The molecule has 4 rings (SSSR count). The van der Waals surface area contributed by atoms with Crippen molar-refractivity contribution in [2.75, 3.05) is 43.8 Å². The summed E-state index contributed by atoms with van der Waals surface area (Å²) in [5.74, 6) is -1.29. The normalized spacial score (nSPS) is 17.7.